The van der Waals surface area contributed by atoms with Crippen molar-refractivity contribution in [1.82, 2.24) is 14.8 Å². The molecule has 2 aromatic heterocycles. The van der Waals surface area contributed by atoms with Crippen LogP contribution < -0.4 is 10.6 Å². The van der Waals surface area contributed by atoms with Crippen molar-refractivity contribution in [1.29, 1.82) is 5.26 Å². The van der Waals surface area contributed by atoms with Crippen molar-refractivity contribution < 1.29 is 4.79 Å². The zero-order valence-electron chi connectivity index (χ0n) is 16.6. The van der Waals surface area contributed by atoms with E-state index in [4.69, 9.17) is 0 Å². The number of carbonyl (C=O) groups excluding carboxylic acids is 1. The second-order valence-corrected chi connectivity index (χ2v) is 9.08. The smallest absolute Gasteiger partial charge is 0.235 e. The molecule has 9 heteroatoms. The summed E-state index contributed by atoms with van der Waals surface area (Å²) in [5, 5.41) is 24.9. The monoisotopic (exact) mass is 438 g/mol. The molecule has 1 amide bonds. The van der Waals surface area contributed by atoms with Crippen molar-refractivity contribution in [2.45, 2.75) is 36.9 Å². The topological polar surface area (TPSA) is 95.6 Å². The van der Waals surface area contributed by atoms with Gasteiger partial charge < -0.3 is 10.6 Å². The fourth-order valence-electron chi connectivity index (χ4n) is 3.68. The molecule has 1 aromatic carbocycles. The number of nitrogens with zero attached hydrogens (tertiary/aromatic N) is 4. The molecule has 0 radical (unpaired) electrons. The van der Waals surface area contributed by atoms with Crippen molar-refractivity contribution >= 4 is 40.0 Å². The molecule has 0 fully saturated rings. The molecule has 4 rings (SSSR count). The Morgan fingerprint density at radius 1 is 1.27 bits per heavy atom. The summed E-state index contributed by atoms with van der Waals surface area (Å²) in [5.41, 5.74) is 3.73. The minimum Gasteiger partial charge on any atom is -0.360 e. The number of aromatic nitrogens is 3. The Bertz CT molecular complexity index is 1080. The Morgan fingerprint density at radius 3 is 2.83 bits per heavy atom. The second kappa shape index (κ2) is 9.32. The van der Waals surface area contributed by atoms with E-state index >= 15 is 0 Å². The van der Waals surface area contributed by atoms with E-state index in [2.05, 4.69) is 26.9 Å². The molecule has 2 heterocycles. The molecule has 30 heavy (non-hydrogen) atoms. The zero-order valence-corrected chi connectivity index (χ0v) is 18.3. The molecule has 0 atom stereocenters. The van der Waals surface area contributed by atoms with Crippen LogP contribution >= 0.6 is 23.1 Å². The van der Waals surface area contributed by atoms with Crippen molar-refractivity contribution in [3.05, 3.63) is 47.2 Å². The summed E-state index contributed by atoms with van der Waals surface area (Å²) < 4.78 is 2.78. The highest BCUT2D eigenvalue weighted by Crippen LogP contribution is 2.36. The normalized spacial score (nSPS) is 12.8. The quantitative estimate of drug-likeness (QED) is 0.536. The first-order chi connectivity index (χ1) is 14.7. The average molecular weight is 439 g/mol. The zero-order chi connectivity index (χ0) is 20.9. The van der Waals surface area contributed by atoms with E-state index in [1.54, 1.807) is 0 Å². The number of para-hydroxylation sites is 1. The lowest BCUT2D eigenvalue weighted by molar-refractivity contribution is -0.113. The number of hydrogen-bond donors (Lipinski definition) is 2. The fourth-order valence-corrected chi connectivity index (χ4v) is 5.30. The van der Waals surface area contributed by atoms with Gasteiger partial charge in [0.15, 0.2) is 4.34 Å². The number of carbonyl (C=O) groups is 1. The average Bonchev–Trinajstić information content (AvgIpc) is 3.34. The fraction of sp³-hybridized carbons (Fsp3) is 0.333. The highest BCUT2D eigenvalue weighted by molar-refractivity contribution is 8.01. The van der Waals surface area contributed by atoms with E-state index < -0.39 is 0 Å². The molecular formula is C21H22N6OS2. The highest BCUT2D eigenvalue weighted by Gasteiger charge is 2.26. The van der Waals surface area contributed by atoms with Crippen LogP contribution in [0.15, 0.2) is 34.7 Å². The van der Waals surface area contributed by atoms with Crippen LogP contribution in [-0.2, 0) is 17.6 Å². The molecule has 154 valence electrons. The van der Waals surface area contributed by atoms with Crippen LogP contribution in [0.5, 0.6) is 0 Å². The summed E-state index contributed by atoms with van der Waals surface area (Å²) in [7, 11) is 0. The third-order valence-electron chi connectivity index (χ3n) is 4.92. The molecule has 0 saturated carbocycles. The van der Waals surface area contributed by atoms with Gasteiger partial charge in [-0.15, -0.1) is 10.2 Å². The van der Waals surface area contributed by atoms with Crippen LogP contribution in [0.1, 0.15) is 36.6 Å². The van der Waals surface area contributed by atoms with E-state index in [-0.39, 0.29) is 11.7 Å². The summed E-state index contributed by atoms with van der Waals surface area (Å²) in [5.74, 6) is 0.617. The van der Waals surface area contributed by atoms with E-state index in [9.17, 15) is 10.1 Å². The summed E-state index contributed by atoms with van der Waals surface area (Å²) in [6.45, 7) is 2.77. The number of fused-ring (bicyclic) bond motifs is 1. The molecule has 0 unspecified atom stereocenters. The number of nitriles is 1. The SMILES string of the molecule is CCNc1nnc(SCC(=O)Nc2c(C#N)c3c(n2-c2ccccc2)CCCC3)s1. The van der Waals surface area contributed by atoms with Gasteiger partial charge in [-0.25, -0.2) is 0 Å². The number of amides is 1. The van der Waals surface area contributed by atoms with Crippen LogP contribution in [0.3, 0.4) is 0 Å². The first kappa shape index (κ1) is 20.4. The maximum atomic E-state index is 12.8. The lowest BCUT2D eigenvalue weighted by atomic mass is 9.95. The highest BCUT2D eigenvalue weighted by atomic mass is 32.2. The van der Waals surface area contributed by atoms with Crippen molar-refractivity contribution in [2.24, 2.45) is 0 Å². The molecule has 0 spiro atoms. The van der Waals surface area contributed by atoms with Crippen LogP contribution in [0, 0.1) is 11.3 Å². The van der Waals surface area contributed by atoms with Gasteiger partial charge in [0.1, 0.15) is 11.9 Å². The van der Waals surface area contributed by atoms with Gasteiger partial charge >= 0.3 is 0 Å². The molecule has 2 N–H and O–H groups in total. The van der Waals surface area contributed by atoms with E-state index in [1.807, 2.05) is 41.8 Å². The summed E-state index contributed by atoms with van der Waals surface area (Å²) in [6, 6.07) is 12.2. The van der Waals surface area contributed by atoms with E-state index in [0.29, 0.717) is 11.4 Å². The first-order valence-corrected chi connectivity index (χ1v) is 11.7. The van der Waals surface area contributed by atoms with Gasteiger partial charge in [0.25, 0.3) is 0 Å². The van der Waals surface area contributed by atoms with Gasteiger partial charge in [-0.2, -0.15) is 5.26 Å². The van der Waals surface area contributed by atoms with Crippen LogP contribution in [-0.4, -0.2) is 33.0 Å². The van der Waals surface area contributed by atoms with Gasteiger partial charge in [-0.3, -0.25) is 9.36 Å². The minimum atomic E-state index is -0.163. The number of benzene rings is 1. The van der Waals surface area contributed by atoms with E-state index in [0.717, 1.165) is 58.6 Å². The number of rotatable bonds is 7. The maximum Gasteiger partial charge on any atom is 0.235 e. The lowest BCUT2D eigenvalue weighted by Gasteiger charge is -2.17. The summed E-state index contributed by atoms with van der Waals surface area (Å²) >= 11 is 2.77. The summed E-state index contributed by atoms with van der Waals surface area (Å²) in [4.78, 5) is 12.8. The van der Waals surface area contributed by atoms with Crippen LogP contribution in [0.2, 0.25) is 0 Å². The molecule has 0 aliphatic heterocycles. The maximum absolute atomic E-state index is 12.8. The second-order valence-electron chi connectivity index (χ2n) is 6.88. The number of hydrogen-bond acceptors (Lipinski definition) is 7. The van der Waals surface area contributed by atoms with Gasteiger partial charge in [-0.1, -0.05) is 41.3 Å². The molecule has 0 saturated heterocycles. The van der Waals surface area contributed by atoms with Crippen molar-refractivity contribution in [2.75, 3.05) is 22.9 Å². The summed E-state index contributed by atoms with van der Waals surface area (Å²) in [6.07, 6.45) is 3.92. The first-order valence-electron chi connectivity index (χ1n) is 9.93. The Morgan fingerprint density at radius 2 is 2.07 bits per heavy atom. The van der Waals surface area contributed by atoms with Gasteiger partial charge in [0.05, 0.1) is 11.3 Å². The molecule has 7 nitrogen and oxygen atoms in total. The van der Waals surface area contributed by atoms with Gasteiger partial charge in [0, 0.05) is 17.9 Å². The Labute approximate surface area is 183 Å². The predicted octanol–water partition coefficient (Wildman–Crippen LogP) is 4.24. The molecule has 3 aromatic rings. The van der Waals surface area contributed by atoms with E-state index in [1.165, 1.54) is 23.1 Å². The Kier molecular flexibility index (Phi) is 6.35. The van der Waals surface area contributed by atoms with Crippen molar-refractivity contribution in [3.63, 3.8) is 0 Å². The third-order valence-corrected chi connectivity index (χ3v) is 6.93. The molecule has 1 aliphatic rings. The Hall–Kier alpha value is -2.83. The number of thioether (sulfide) groups is 1. The number of anilines is 2. The Balaban J connectivity index is 1.59. The standard InChI is InChI=1S/C21H22N6OS2/c1-2-23-20-25-26-21(30-20)29-13-18(28)24-19-16(12-22)15-10-6-7-11-17(15)27(19)14-8-4-3-5-9-14/h3-5,8-9H,2,6-7,10-11,13H2,1H3,(H,23,25)(H,24,28). The number of nitrogens with one attached hydrogen (secondary N) is 2. The molecule has 0 bridgehead atoms. The predicted molar refractivity (Wildman–Crippen MR) is 121 cm³/mol. The molecular weight excluding hydrogens is 416 g/mol. The van der Waals surface area contributed by atoms with Crippen molar-refractivity contribution in [3.8, 4) is 11.8 Å². The largest absolute Gasteiger partial charge is 0.360 e. The third kappa shape index (κ3) is 4.20. The molecule has 1 aliphatic carbocycles. The van der Waals surface area contributed by atoms with Gasteiger partial charge in [-0.05, 0) is 50.3 Å². The lowest BCUT2D eigenvalue weighted by Crippen LogP contribution is -2.18. The minimum absolute atomic E-state index is 0.163. The van der Waals surface area contributed by atoms with Crippen LogP contribution in [0.4, 0.5) is 10.9 Å². The van der Waals surface area contributed by atoms with Gasteiger partial charge in [0.2, 0.25) is 11.0 Å². The van der Waals surface area contributed by atoms with Crippen LogP contribution in [0.25, 0.3) is 5.69 Å².